The van der Waals surface area contributed by atoms with Crippen molar-refractivity contribution in [3.05, 3.63) is 0 Å². The molecular weight excluding hydrogens is 214 g/mol. The van der Waals surface area contributed by atoms with Crippen LogP contribution in [0.2, 0.25) is 0 Å². The average Bonchev–Trinajstić information content (AvgIpc) is 2.33. The Labute approximate surface area is 105 Å². The van der Waals surface area contributed by atoms with Crippen LogP contribution in [-0.2, 0) is 4.74 Å². The van der Waals surface area contributed by atoms with Crippen molar-refractivity contribution >= 4 is 0 Å². The Morgan fingerprint density at radius 1 is 1.12 bits per heavy atom. The van der Waals surface area contributed by atoms with Crippen molar-refractivity contribution in [2.45, 2.75) is 58.0 Å². The molecule has 100 valence electrons. The average molecular weight is 241 g/mol. The number of rotatable bonds is 2. The van der Waals surface area contributed by atoms with Gasteiger partial charge in [0.1, 0.15) is 0 Å². The largest absolute Gasteiger partial charge is 0.389 e. The van der Waals surface area contributed by atoms with Crippen LogP contribution in [0.1, 0.15) is 52.4 Å². The van der Waals surface area contributed by atoms with Gasteiger partial charge in [0.05, 0.1) is 12.2 Å². The normalized spacial score (nSPS) is 42.4. The maximum atomic E-state index is 11.3. The van der Waals surface area contributed by atoms with Crippen molar-refractivity contribution in [1.82, 2.24) is 0 Å². The second-order valence-electron chi connectivity index (χ2n) is 6.59. The molecule has 2 fully saturated rings. The second kappa shape index (κ2) is 4.52. The Kier molecular flexibility index (Phi) is 3.54. The predicted octanol–water partition coefficient (Wildman–Crippen LogP) is 2.07. The zero-order valence-electron chi connectivity index (χ0n) is 11.3. The Balaban J connectivity index is 2.32. The van der Waals surface area contributed by atoms with Gasteiger partial charge in [0.25, 0.3) is 0 Å². The van der Waals surface area contributed by atoms with Gasteiger partial charge in [0, 0.05) is 18.6 Å². The summed E-state index contributed by atoms with van der Waals surface area (Å²) in [6, 6.07) is 0. The van der Waals surface area contributed by atoms with E-state index < -0.39 is 5.60 Å². The molecule has 3 heteroatoms. The van der Waals surface area contributed by atoms with E-state index in [4.69, 9.17) is 10.5 Å². The van der Waals surface area contributed by atoms with Crippen molar-refractivity contribution < 1.29 is 9.84 Å². The summed E-state index contributed by atoms with van der Waals surface area (Å²) in [5.41, 5.74) is 5.10. The van der Waals surface area contributed by atoms with Crippen molar-refractivity contribution in [3.63, 3.8) is 0 Å². The standard InChI is InChI=1S/C14H27NO2/c1-12(2)6-3-4-8-14(12,16)13(10-15)7-5-9-17-11-13/h16H,3-11,15H2,1-2H3. The van der Waals surface area contributed by atoms with Gasteiger partial charge in [-0.15, -0.1) is 0 Å². The quantitative estimate of drug-likeness (QED) is 0.778. The minimum Gasteiger partial charge on any atom is -0.389 e. The third-order valence-electron chi connectivity index (χ3n) is 5.30. The summed E-state index contributed by atoms with van der Waals surface area (Å²) >= 11 is 0. The summed E-state index contributed by atoms with van der Waals surface area (Å²) in [7, 11) is 0. The van der Waals surface area contributed by atoms with Gasteiger partial charge in [-0.1, -0.05) is 26.7 Å². The zero-order chi connectivity index (χ0) is 12.6. The van der Waals surface area contributed by atoms with Gasteiger partial charge in [-0.05, 0) is 31.1 Å². The fourth-order valence-electron chi connectivity index (χ4n) is 3.98. The molecule has 0 aromatic rings. The SMILES string of the molecule is CC1(C)CCCCC1(O)C1(CN)CCCOC1. The molecule has 0 bridgehead atoms. The fraction of sp³-hybridized carbons (Fsp3) is 1.00. The molecular formula is C14H27NO2. The second-order valence-corrected chi connectivity index (χ2v) is 6.59. The summed E-state index contributed by atoms with van der Waals surface area (Å²) in [5.74, 6) is 0. The smallest absolute Gasteiger partial charge is 0.0788 e. The monoisotopic (exact) mass is 241 g/mol. The van der Waals surface area contributed by atoms with Crippen LogP contribution in [0.15, 0.2) is 0 Å². The first kappa shape index (κ1) is 13.3. The number of hydrogen-bond acceptors (Lipinski definition) is 3. The van der Waals surface area contributed by atoms with Crippen LogP contribution in [0.3, 0.4) is 0 Å². The fourth-order valence-corrected chi connectivity index (χ4v) is 3.98. The van der Waals surface area contributed by atoms with Crippen LogP contribution >= 0.6 is 0 Å². The van der Waals surface area contributed by atoms with Gasteiger partial charge in [0.15, 0.2) is 0 Å². The van der Waals surface area contributed by atoms with E-state index in [1.807, 2.05) is 0 Å². The lowest BCUT2D eigenvalue weighted by atomic mass is 9.52. The van der Waals surface area contributed by atoms with Crippen LogP contribution < -0.4 is 5.73 Å². The Hall–Kier alpha value is -0.120. The molecule has 0 aromatic carbocycles. The highest BCUT2D eigenvalue weighted by Gasteiger charge is 2.58. The van der Waals surface area contributed by atoms with Gasteiger partial charge < -0.3 is 15.6 Å². The van der Waals surface area contributed by atoms with E-state index >= 15 is 0 Å². The van der Waals surface area contributed by atoms with Crippen LogP contribution in [0.4, 0.5) is 0 Å². The molecule has 17 heavy (non-hydrogen) atoms. The van der Waals surface area contributed by atoms with Crippen LogP contribution in [0.5, 0.6) is 0 Å². The summed E-state index contributed by atoms with van der Waals surface area (Å²) in [6.45, 7) is 6.37. The highest BCUT2D eigenvalue weighted by Crippen LogP contribution is 2.55. The third kappa shape index (κ3) is 1.92. The highest BCUT2D eigenvalue weighted by molar-refractivity contribution is 5.09. The number of hydrogen-bond donors (Lipinski definition) is 2. The van der Waals surface area contributed by atoms with E-state index in [1.54, 1.807) is 0 Å². The molecule has 1 saturated carbocycles. The first-order valence-corrected chi connectivity index (χ1v) is 6.98. The zero-order valence-corrected chi connectivity index (χ0v) is 11.3. The Morgan fingerprint density at radius 3 is 2.35 bits per heavy atom. The van der Waals surface area contributed by atoms with Crippen LogP contribution in [0, 0.1) is 10.8 Å². The molecule has 0 radical (unpaired) electrons. The van der Waals surface area contributed by atoms with E-state index in [1.165, 1.54) is 6.42 Å². The van der Waals surface area contributed by atoms with E-state index in [0.717, 1.165) is 38.7 Å². The van der Waals surface area contributed by atoms with Gasteiger partial charge in [-0.3, -0.25) is 0 Å². The summed E-state index contributed by atoms with van der Waals surface area (Å²) in [5, 5.41) is 11.3. The number of nitrogens with two attached hydrogens (primary N) is 1. The molecule has 2 atom stereocenters. The van der Waals surface area contributed by atoms with E-state index in [2.05, 4.69) is 13.8 Å². The Bertz CT molecular complexity index is 271. The summed E-state index contributed by atoms with van der Waals surface area (Å²) in [6.07, 6.45) is 6.32. The van der Waals surface area contributed by atoms with Crippen LogP contribution in [0.25, 0.3) is 0 Å². The first-order chi connectivity index (χ1) is 7.97. The molecule has 2 unspecified atom stereocenters. The molecule has 1 saturated heterocycles. The summed E-state index contributed by atoms with van der Waals surface area (Å²) in [4.78, 5) is 0. The van der Waals surface area contributed by atoms with Gasteiger partial charge >= 0.3 is 0 Å². The van der Waals surface area contributed by atoms with Crippen molar-refractivity contribution in [2.24, 2.45) is 16.6 Å². The van der Waals surface area contributed by atoms with E-state index in [9.17, 15) is 5.11 Å². The Morgan fingerprint density at radius 2 is 1.82 bits per heavy atom. The van der Waals surface area contributed by atoms with E-state index in [0.29, 0.717) is 13.2 Å². The molecule has 3 N–H and O–H groups in total. The van der Waals surface area contributed by atoms with Gasteiger partial charge in [0.2, 0.25) is 0 Å². The lowest BCUT2D eigenvalue weighted by molar-refractivity contribution is -0.214. The molecule has 1 heterocycles. The lowest BCUT2D eigenvalue weighted by Crippen LogP contribution is -2.64. The molecule has 1 aliphatic heterocycles. The van der Waals surface area contributed by atoms with Gasteiger partial charge in [-0.25, -0.2) is 0 Å². The maximum absolute atomic E-state index is 11.3. The summed E-state index contributed by atoms with van der Waals surface area (Å²) < 4.78 is 5.65. The molecule has 1 aliphatic carbocycles. The molecule has 0 spiro atoms. The van der Waals surface area contributed by atoms with Crippen molar-refractivity contribution in [1.29, 1.82) is 0 Å². The van der Waals surface area contributed by atoms with Crippen LogP contribution in [-0.4, -0.2) is 30.5 Å². The molecule has 2 rings (SSSR count). The molecule has 2 aliphatic rings. The molecule has 0 aromatic heterocycles. The lowest BCUT2D eigenvalue weighted by Gasteiger charge is -2.58. The van der Waals surface area contributed by atoms with Crippen molar-refractivity contribution in [3.8, 4) is 0 Å². The third-order valence-corrected chi connectivity index (χ3v) is 5.30. The predicted molar refractivity (Wildman–Crippen MR) is 68.7 cm³/mol. The minimum absolute atomic E-state index is 0.0503. The highest BCUT2D eigenvalue weighted by atomic mass is 16.5. The number of aliphatic hydroxyl groups is 1. The van der Waals surface area contributed by atoms with Crippen molar-refractivity contribution in [2.75, 3.05) is 19.8 Å². The molecule has 3 nitrogen and oxygen atoms in total. The minimum atomic E-state index is -0.659. The number of ether oxygens (including phenoxy) is 1. The maximum Gasteiger partial charge on any atom is 0.0788 e. The van der Waals surface area contributed by atoms with E-state index in [-0.39, 0.29) is 10.8 Å². The first-order valence-electron chi connectivity index (χ1n) is 6.98. The topological polar surface area (TPSA) is 55.5 Å². The van der Waals surface area contributed by atoms with Gasteiger partial charge in [-0.2, -0.15) is 0 Å². The molecule has 0 amide bonds.